The summed E-state index contributed by atoms with van der Waals surface area (Å²) in [6.45, 7) is 7.66. The Morgan fingerprint density at radius 3 is 2.23 bits per heavy atom. The number of hydrogen-bond donors (Lipinski definition) is 0. The van der Waals surface area contributed by atoms with Crippen LogP contribution in [0.15, 0.2) is 0 Å². The largest absolute Gasteiger partial charge is 0.463 e. The summed E-state index contributed by atoms with van der Waals surface area (Å²) in [6, 6.07) is 0. The standard InChI is InChI=1S/C25H38O5/c1-15(26)29-14-23(28)22-8-7-20-19-6-5-17-13-18(30-16(2)27)9-11-24(17,3)21(19)10-12-25(20,22)4/h17-22H,5-14H2,1-4H3/t17?,18?,19-,20-,21-,22+,24-,25-/m0/s1. The summed E-state index contributed by atoms with van der Waals surface area (Å²) in [7, 11) is 0. The lowest BCUT2D eigenvalue weighted by molar-refractivity contribution is -0.161. The number of Topliss-reactive ketones (excluding diaryl/α,β-unsaturated/α-hetero) is 1. The molecule has 0 heterocycles. The third-order valence-electron chi connectivity index (χ3n) is 9.76. The molecule has 5 nitrogen and oxygen atoms in total. The van der Waals surface area contributed by atoms with Gasteiger partial charge in [-0.05, 0) is 92.3 Å². The Labute approximate surface area is 180 Å². The van der Waals surface area contributed by atoms with Crippen molar-refractivity contribution in [3.05, 3.63) is 0 Å². The first kappa shape index (κ1) is 21.8. The van der Waals surface area contributed by atoms with Gasteiger partial charge in [0.05, 0.1) is 0 Å². The van der Waals surface area contributed by atoms with Gasteiger partial charge in [-0.25, -0.2) is 0 Å². The summed E-state index contributed by atoms with van der Waals surface area (Å²) in [6.07, 6.45) is 10.1. The topological polar surface area (TPSA) is 69.7 Å². The van der Waals surface area contributed by atoms with E-state index in [1.807, 2.05) is 0 Å². The molecule has 4 aliphatic carbocycles. The summed E-state index contributed by atoms with van der Waals surface area (Å²) in [4.78, 5) is 35.5. The van der Waals surface area contributed by atoms with E-state index in [0.29, 0.717) is 23.2 Å². The van der Waals surface area contributed by atoms with E-state index in [-0.39, 0.29) is 41.8 Å². The van der Waals surface area contributed by atoms with Gasteiger partial charge in [0.1, 0.15) is 12.7 Å². The van der Waals surface area contributed by atoms with Gasteiger partial charge in [0.15, 0.2) is 5.78 Å². The normalized spacial score (nSPS) is 44.9. The molecule has 4 rings (SSSR count). The lowest BCUT2D eigenvalue weighted by atomic mass is 9.44. The quantitative estimate of drug-likeness (QED) is 0.619. The van der Waals surface area contributed by atoms with Crippen molar-refractivity contribution in [3.63, 3.8) is 0 Å². The second-order valence-corrected chi connectivity index (χ2v) is 11.1. The van der Waals surface area contributed by atoms with E-state index in [0.717, 1.165) is 44.4 Å². The van der Waals surface area contributed by atoms with Gasteiger partial charge in [-0.3, -0.25) is 14.4 Å². The second-order valence-electron chi connectivity index (χ2n) is 11.1. The number of hydrogen-bond acceptors (Lipinski definition) is 5. The third-order valence-corrected chi connectivity index (χ3v) is 9.76. The molecule has 0 spiro atoms. The molecular formula is C25H38O5. The van der Waals surface area contributed by atoms with Crippen molar-refractivity contribution in [2.75, 3.05) is 6.61 Å². The fourth-order valence-electron chi connectivity index (χ4n) is 8.36. The zero-order valence-corrected chi connectivity index (χ0v) is 19.1. The lowest BCUT2D eigenvalue weighted by Gasteiger charge is -2.61. The average molecular weight is 419 g/mol. The second kappa shape index (κ2) is 7.94. The highest BCUT2D eigenvalue weighted by atomic mass is 16.5. The molecule has 0 aromatic heterocycles. The number of ketones is 1. The molecule has 4 aliphatic rings. The summed E-state index contributed by atoms with van der Waals surface area (Å²) in [5, 5.41) is 0. The first-order valence-corrected chi connectivity index (χ1v) is 12.0. The van der Waals surface area contributed by atoms with Gasteiger partial charge in [-0.15, -0.1) is 0 Å². The van der Waals surface area contributed by atoms with Crippen LogP contribution in [0.3, 0.4) is 0 Å². The predicted molar refractivity (Wildman–Crippen MR) is 112 cm³/mol. The van der Waals surface area contributed by atoms with Crippen molar-refractivity contribution in [1.82, 2.24) is 0 Å². The molecule has 0 amide bonds. The summed E-state index contributed by atoms with van der Waals surface area (Å²) < 4.78 is 10.6. The van der Waals surface area contributed by atoms with Gasteiger partial charge in [0.25, 0.3) is 0 Å². The number of fused-ring (bicyclic) bond motifs is 5. The Morgan fingerprint density at radius 2 is 1.53 bits per heavy atom. The van der Waals surface area contributed by atoms with E-state index in [9.17, 15) is 14.4 Å². The zero-order valence-electron chi connectivity index (χ0n) is 19.1. The molecule has 5 heteroatoms. The van der Waals surface area contributed by atoms with E-state index >= 15 is 0 Å². The van der Waals surface area contributed by atoms with Crippen LogP contribution in [0.5, 0.6) is 0 Å². The van der Waals surface area contributed by atoms with Crippen LogP contribution in [0.25, 0.3) is 0 Å². The van der Waals surface area contributed by atoms with Crippen molar-refractivity contribution >= 4 is 17.7 Å². The highest BCUT2D eigenvalue weighted by molar-refractivity contribution is 5.85. The van der Waals surface area contributed by atoms with Crippen LogP contribution < -0.4 is 0 Å². The third kappa shape index (κ3) is 3.60. The van der Waals surface area contributed by atoms with E-state index in [4.69, 9.17) is 9.47 Å². The van der Waals surface area contributed by atoms with E-state index in [2.05, 4.69) is 13.8 Å². The van der Waals surface area contributed by atoms with Crippen molar-refractivity contribution in [1.29, 1.82) is 0 Å². The molecule has 0 N–H and O–H groups in total. The van der Waals surface area contributed by atoms with Gasteiger partial charge in [0, 0.05) is 19.8 Å². The van der Waals surface area contributed by atoms with Gasteiger partial charge in [-0.2, -0.15) is 0 Å². The minimum Gasteiger partial charge on any atom is -0.463 e. The SMILES string of the molecule is CC(=O)OCC(=O)[C@H]1CC[C@H]2[C@@H]3CCC4CC(OC(C)=O)CC[C@]4(C)[C@H]3CC[C@]12C. The van der Waals surface area contributed by atoms with Gasteiger partial charge in [-0.1, -0.05) is 13.8 Å². The van der Waals surface area contributed by atoms with Gasteiger partial charge < -0.3 is 9.47 Å². The number of ether oxygens (including phenoxy) is 2. The first-order valence-electron chi connectivity index (χ1n) is 12.0. The monoisotopic (exact) mass is 418 g/mol. The van der Waals surface area contributed by atoms with Crippen LogP contribution in [-0.2, 0) is 23.9 Å². The van der Waals surface area contributed by atoms with Crippen molar-refractivity contribution in [2.24, 2.45) is 40.4 Å². The number of carbonyl (C=O) groups is 3. The van der Waals surface area contributed by atoms with E-state index in [1.54, 1.807) is 0 Å². The number of esters is 2. The molecule has 8 atom stereocenters. The fourth-order valence-corrected chi connectivity index (χ4v) is 8.36. The fraction of sp³-hybridized carbons (Fsp3) is 0.880. The minimum atomic E-state index is -0.373. The molecule has 2 unspecified atom stereocenters. The van der Waals surface area contributed by atoms with Crippen molar-refractivity contribution in [3.8, 4) is 0 Å². The molecule has 30 heavy (non-hydrogen) atoms. The highest BCUT2D eigenvalue weighted by Gasteiger charge is 2.61. The highest BCUT2D eigenvalue weighted by Crippen LogP contribution is 2.67. The van der Waals surface area contributed by atoms with Crippen LogP contribution >= 0.6 is 0 Å². The Bertz CT molecular complexity index is 716. The first-order chi connectivity index (χ1) is 14.1. The predicted octanol–water partition coefficient (Wildman–Crippen LogP) is 4.71. The van der Waals surface area contributed by atoms with Crippen LogP contribution in [0.1, 0.15) is 85.5 Å². The Kier molecular flexibility index (Phi) is 5.78. The smallest absolute Gasteiger partial charge is 0.303 e. The Hall–Kier alpha value is -1.39. The maximum absolute atomic E-state index is 12.9. The number of carbonyl (C=O) groups excluding carboxylic acids is 3. The van der Waals surface area contributed by atoms with Crippen molar-refractivity contribution < 1.29 is 23.9 Å². The average Bonchev–Trinajstić information content (AvgIpc) is 3.03. The van der Waals surface area contributed by atoms with Crippen LogP contribution in [0.4, 0.5) is 0 Å². The molecular weight excluding hydrogens is 380 g/mol. The minimum absolute atomic E-state index is 0.0352. The molecule has 168 valence electrons. The van der Waals surface area contributed by atoms with Crippen LogP contribution in [0.2, 0.25) is 0 Å². The molecule has 0 aliphatic heterocycles. The molecule has 0 radical (unpaired) electrons. The number of rotatable bonds is 4. The molecule has 4 saturated carbocycles. The van der Waals surface area contributed by atoms with Gasteiger partial charge >= 0.3 is 11.9 Å². The maximum atomic E-state index is 12.9. The Morgan fingerprint density at radius 1 is 0.833 bits per heavy atom. The maximum Gasteiger partial charge on any atom is 0.303 e. The molecule has 4 fully saturated rings. The van der Waals surface area contributed by atoms with Crippen LogP contribution in [-0.4, -0.2) is 30.4 Å². The summed E-state index contributed by atoms with van der Waals surface area (Å²) in [5.41, 5.74) is 0.386. The zero-order chi connectivity index (χ0) is 21.7. The van der Waals surface area contributed by atoms with E-state index < -0.39 is 0 Å². The summed E-state index contributed by atoms with van der Waals surface area (Å²) >= 11 is 0. The molecule has 0 aromatic carbocycles. The Balaban J connectivity index is 1.48. The van der Waals surface area contributed by atoms with Crippen molar-refractivity contribution in [2.45, 2.75) is 91.6 Å². The van der Waals surface area contributed by atoms with E-state index in [1.165, 1.54) is 33.1 Å². The van der Waals surface area contributed by atoms with Gasteiger partial charge in [0.2, 0.25) is 0 Å². The summed E-state index contributed by atoms with van der Waals surface area (Å²) in [5.74, 6) is 2.29. The van der Waals surface area contributed by atoms with Crippen LogP contribution in [0, 0.1) is 40.4 Å². The molecule has 0 aromatic rings. The molecule has 0 bridgehead atoms. The lowest BCUT2D eigenvalue weighted by Crippen LogP contribution is -2.54. The molecule has 0 saturated heterocycles.